The molecule has 1 aliphatic heterocycles. The molecule has 1 aromatic rings. The predicted octanol–water partition coefficient (Wildman–Crippen LogP) is 3.77. The Morgan fingerprint density at radius 1 is 1.32 bits per heavy atom. The predicted molar refractivity (Wildman–Crippen MR) is 82.3 cm³/mol. The first kappa shape index (κ1) is 12.9. The Balaban J connectivity index is 1.52. The Bertz CT molecular complexity index is 454. The van der Waals surface area contributed by atoms with Crippen molar-refractivity contribution >= 4 is 22.6 Å². The van der Waals surface area contributed by atoms with E-state index in [0.717, 1.165) is 47.3 Å². The average Bonchev–Trinajstić information content (AvgIpc) is 3.19. The average molecular weight is 276 g/mol. The molecular formula is C15H20N2OS. The highest BCUT2D eigenvalue weighted by molar-refractivity contribution is 8.15. The fraction of sp³-hybridized carbons (Fsp3) is 0.533. The number of thioether (sulfide) groups is 1. The first-order valence-corrected chi connectivity index (χ1v) is 7.94. The molecule has 2 aliphatic rings. The SMILES string of the molecule is CCCOc1ccc(NC2=NCC(C3CC3)S2)cc1. The van der Waals surface area contributed by atoms with Gasteiger partial charge < -0.3 is 10.1 Å². The normalized spacial score (nSPS) is 22.2. The molecule has 1 atom stereocenters. The molecule has 1 aromatic carbocycles. The Hall–Kier alpha value is -1.16. The topological polar surface area (TPSA) is 33.6 Å². The van der Waals surface area contributed by atoms with Gasteiger partial charge in [-0.25, -0.2) is 0 Å². The van der Waals surface area contributed by atoms with Gasteiger partial charge in [-0.3, -0.25) is 4.99 Å². The van der Waals surface area contributed by atoms with E-state index in [1.807, 2.05) is 23.9 Å². The molecule has 1 aliphatic carbocycles. The van der Waals surface area contributed by atoms with E-state index in [1.165, 1.54) is 12.8 Å². The summed E-state index contributed by atoms with van der Waals surface area (Å²) in [7, 11) is 0. The van der Waals surface area contributed by atoms with Gasteiger partial charge in [0, 0.05) is 10.9 Å². The van der Waals surface area contributed by atoms with Crippen LogP contribution in [-0.2, 0) is 0 Å². The lowest BCUT2D eigenvalue weighted by molar-refractivity contribution is 0.317. The molecule has 1 saturated carbocycles. The quantitative estimate of drug-likeness (QED) is 0.889. The second kappa shape index (κ2) is 5.87. The number of ether oxygens (including phenoxy) is 1. The lowest BCUT2D eigenvalue weighted by Gasteiger charge is -2.09. The van der Waals surface area contributed by atoms with Crippen LogP contribution >= 0.6 is 11.8 Å². The van der Waals surface area contributed by atoms with E-state index in [2.05, 4.69) is 29.4 Å². The van der Waals surface area contributed by atoms with E-state index in [9.17, 15) is 0 Å². The minimum atomic E-state index is 0.717. The summed E-state index contributed by atoms with van der Waals surface area (Å²) >= 11 is 1.90. The van der Waals surface area contributed by atoms with Gasteiger partial charge in [-0.1, -0.05) is 18.7 Å². The van der Waals surface area contributed by atoms with E-state index >= 15 is 0 Å². The molecule has 102 valence electrons. The van der Waals surface area contributed by atoms with Crippen LogP contribution in [0.3, 0.4) is 0 Å². The maximum absolute atomic E-state index is 5.57. The lowest BCUT2D eigenvalue weighted by atomic mass is 10.3. The first-order valence-electron chi connectivity index (χ1n) is 7.06. The number of aliphatic imine (C=N–C) groups is 1. The second-order valence-electron chi connectivity index (χ2n) is 5.14. The largest absolute Gasteiger partial charge is 0.494 e. The van der Waals surface area contributed by atoms with Gasteiger partial charge in [0.25, 0.3) is 0 Å². The Kier molecular flexibility index (Phi) is 3.97. The van der Waals surface area contributed by atoms with Crippen molar-refractivity contribution < 1.29 is 4.74 Å². The van der Waals surface area contributed by atoms with Crippen LogP contribution in [0.1, 0.15) is 26.2 Å². The van der Waals surface area contributed by atoms with Crippen molar-refractivity contribution in [2.75, 3.05) is 18.5 Å². The molecule has 1 fully saturated rings. The van der Waals surface area contributed by atoms with Gasteiger partial charge in [-0.05, 0) is 49.4 Å². The van der Waals surface area contributed by atoms with Crippen molar-refractivity contribution in [3.63, 3.8) is 0 Å². The number of amidine groups is 1. The number of hydrogen-bond acceptors (Lipinski definition) is 4. The van der Waals surface area contributed by atoms with Crippen LogP contribution in [-0.4, -0.2) is 23.6 Å². The van der Waals surface area contributed by atoms with Gasteiger partial charge in [0.15, 0.2) is 5.17 Å². The van der Waals surface area contributed by atoms with Crippen molar-refractivity contribution in [2.24, 2.45) is 10.9 Å². The number of benzene rings is 1. The molecule has 0 bridgehead atoms. The van der Waals surface area contributed by atoms with E-state index < -0.39 is 0 Å². The van der Waals surface area contributed by atoms with Crippen LogP contribution < -0.4 is 10.1 Å². The maximum Gasteiger partial charge on any atom is 0.161 e. The van der Waals surface area contributed by atoms with E-state index in [0.29, 0.717) is 0 Å². The van der Waals surface area contributed by atoms with Crippen LogP contribution in [0.25, 0.3) is 0 Å². The molecule has 1 unspecified atom stereocenters. The van der Waals surface area contributed by atoms with Crippen molar-refractivity contribution in [3.05, 3.63) is 24.3 Å². The number of rotatable bonds is 5. The zero-order chi connectivity index (χ0) is 13.1. The van der Waals surface area contributed by atoms with Crippen molar-refractivity contribution in [1.29, 1.82) is 0 Å². The minimum absolute atomic E-state index is 0.717. The van der Waals surface area contributed by atoms with Gasteiger partial charge in [-0.2, -0.15) is 0 Å². The molecule has 0 aromatic heterocycles. The van der Waals surface area contributed by atoms with Gasteiger partial charge >= 0.3 is 0 Å². The molecule has 0 saturated heterocycles. The molecule has 4 heteroatoms. The third kappa shape index (κ3) is 3.44. The summed E-state index contributed by atoms with van der Waals surface area (Å²) in [6, 6.07) is 8.13. The third-order valence-corrected chi connectivity index (χ3v) is 4.70. The number of nitrogens with one attached hydrogen (secondary N) is 1. The standard InChI is InChI=1S/C15H20N2OS/c1-2-9-18-13-7-5-12(6-8-13)17-15-16-10-14(19-15)11-3-4-11/h5-8,11,14H,2-4,9-10H2,1H3,(H,16,17). The highest BCUT2D eigenvalue weighted by atomic mass is 32.2. The molecular weight excluding hydrogens is 256 g/mol. The lowest BCUT2D eigenvalue weighted by Crippen LogP contribution is -2.08. The van der Waals surface area contributed by atoms with Crippen molar-refractivity contribution in [2.45, 2.75) is 31.4 Å². The van der Waals surface area contributed by atoms with Gasteiger partial charge in [-0.15, -0.1) is 0 Å². The summed E-state index contributed by atoms with van der Waals surface area (Å²) in [6.07, 6.45) is 3.82. The maximum atomic E-state index is 5.57. The Morgan fingerprint density at radius 3 is 2.79 bits per heavy atom. The molecule has 0 amide bonds. The Labute approximate surface area is 118 Å². The summed E-state index contributed by atoms with van der Waals surface area (Å²) < 4.78 is 5.57. The van der Waals surface area contributed by atoms with Crippen LogP contribution in [0.2, 0.25) is 0 Å². The monoisotopic (exact) mass is 276 g/mol. The fourth-order valence-electron chi connectivity index (χ4n) is 2.15. The summed E-state index contributed by atoms with van der Waals surface area (Å²) in [4.78, 5) is 4.58. The van der Waals surface area contributed by atoms with Crippen molar-refractivity contribution in [3.8, 4) is 5.75 Å². The highest BCUT2D eigenvalue weighted by Gasteiger charge is 2.35. The van der Waals surface area contributed by atoms with E-state index in [-0.39, 0.29) is 0 Å². The smallest absolute Gasteiger partial charge is 0.161 e. The first-order chi connectivity index (χ1) is 9.35. The van der Waals surface area contributed by atoms with Crippen molar-refractivity contribution in [1.82, 2.24) is 0 Å². The summed E-state index contributed by atoms with van der Waals surface area (Å²) in [5, 5.41) is 5.18. The molecule has 0 spiro atoms. The molecule has 1 heterocycles. The Morgan fingerprint density at radius 2 is 2.11 bits per heavy atom. The fourth-order valence-corrected chi connectivity index (χ4v) is 3.38. The van der Waals surface area contributed by atoms with Crippen LogP contribution in [0, 0.1) is 5.92 Å². The van der Waals surface area contributed by atoms with Gasteiger partial charge in [0.05, 0.1) is 13.2 Å². The number of nitrogens with zero attached hydrogens (tertiary/aromatic N) is 1. The summed E-state index contributed by atoms with van der Waals surface area (Å²) in [6.45, 7) is 3.87. The highest BCUT2D eigenvalue weighted by Crippen LogP contribution is 2.41. The summed E-state index contributed by atoms with van der Waals surface area (Å²) in [5.41, 5.74) is 1.09. The minimum Gasteiger partial charge on any atom is -0.494 e. The summed E-state index contributed by atoms with van der Waals surface area (Å²) in [5.74, 6) is 1.85. The number of hydrogen-bond donors (Lipinski definition) is 1. The molecule has 1 N–H and O–H groups in total. The van der Waals surface area contributed by atoms with Gasteiger partial charge in [0.2, 0.25) is 0 Å². The van der Waals surface area contributed by atoms with Crippen LogP contribution in [0.5, 0.6) is 5.75 Å². The van der Waals surface area contributed by atoms with Gasteiger partial charge in [0.1, 0.15) is 5.75 Å². The molecule has 3 rings (SSSR count). The molecule has 0 radical (unpaired) electrons. The zero-order valence-electron chi connectivity index (χ0n) is 11.3. The second-order valence-corrected chi connectivity index (χ2v) is 6.37. The zero-order valence-corrected chi connectivity index (χ0v) is 12.1. The van der Waals surface area contributed by atoms with Crippen LogP contribution in [0.4, 0.5) is 5.69 Å². The number of anilines is 1. The van der Waals surface area contributed by atoms with E-state index in [4.69, 9.17) is 4.74 Å². The third-order valence-electron chi connectivity index (χ3n) is 3.40. The van der Waals surface area contributed by atoms with E-state index in [1.54, 1.807) is 0 Å². The molecule has 19 heavy (non-hydrogen) atoms. The van der Waals surface area contributed by atoms with Crippen LogP contribution in [0.15, 0.2) is 29.3 Å². The molecule has 3 nitrogen and oxygen atoms in total.